The highest BCUT2D eigenvalue weighted by atomic mass is 32.1. The van der Waals surface area contributed by atoms with Gasteiger partial charge in [-0.3, -0.25) is 4.79 Å². The van der Waals surface area contributed by atoms with Crippen LogP contribution in [0.15, 0.2) is 47.2 Å². The number of rotatable bonds is 6. The molecule has 4 aromatic rings. The SMILES string of the molecule is CC(C)c1nc(CNC(=O)c2nc(-c3cccs3)n(-c3cccc(F)c3)n2)cs1. The molecule has 0 bridgehead atoms. The lowest BCUT2D eigenvalue weighted by molar-refractivity contribution is 0.0940. The van der Waals surface area contributed by atoms with Crippen molar-refractivity contribution in [3.63, 3.8) is 0 Å². The molecule has 0 fully saturated rings. The number of hydrogen-bond donors (Lipinski definition) is 1. The molecule has 3 aromatic heterocycles. The fourth-order valence-electron chi connectivity index (χ4n) is 2.68. The molecule has 0 saturated carbocycles. The topological polar surface area (TPSA) is 72.7 Å². The number of nitrogens with zero attached hydrogens (tertiary/aromatic N) is 4. The van der Waals surface area contributed by atoms with Gasteiger partial charge in [0.25, 0.3) is 5.91 Å². The van der Waals surface area contributed by atoms with Crippen molar-refractivity contribution in [3.8, 4) is 16.4 Å². The molecular weight excluding hydrogens is 409 g/mol. The number of nitrogens with one attached hydrogen (secondary N) is 1. The lowest BCUT2D eigenvalue weighted by atomic mass is 10.2. The Balaban J connectivity index is 1.60. The fourth-order valence-corrected chi connectivity index (χ4v) is 4.21. The van der Waals surface area contributed by atoms with Gasteiger partial charge in [-0.25, -0.2) is 19.0 Å². The van der Waals surface area contributed by atoms with Crippen LogP contribution in [0.5, 0.6) is 0 Å². The number of benzene rings is 1. The van der Waals surface area contributed by atoms with Gasteiger partial charge in [-0.15, -0.1) is 27.8 Å². The quantitative estimate of drug-likeness (QED) is 0.486. The summed E-state index contributed by atoms with van der Waals surface area (Å²) < 4.78 is 15.2. The number of halogens is 1. The summed E-state index contributed by atoms with van der Waals surface area (Å²) in [5, 5.41) is 12.0. The molecule has 0 aliphatic heterocycles. The van der Waals surface area contributed by atoms with Crippen LogP contribution in [0.1, 0.15) is 41.1 Å². The lowest BCUT2D eigenvalue weighted by Crippen LogP contribution is -2.24. The molecule has 0 aliphatic carbocycles. The van der Waals surface area contributed by atoms with Crippen LogP contribution in [0.2, 0.25) is 0 Å². The van der Waals surface area contributed by atoms with Gasteiger partial charge in [0.2, 0.25) is 5.82 Å². The molecule has 3 heterocycles. The van der Waals surface area contributed by atoms with E-state index in [1.165, 1.54) is 28.2 Å². The number of amides is 1. The molecule has 0 unspecified atom stereocenters. The minimum atomic E-state index is -0.406. The molecule has 29 heavy (non-hydrogen) atoms. The van der Waals surface area contributed by atoms with E-state index in [0.717, 1.165) is 15.6 Å². The van der Waals surface area contributed by atoms with Crippen molar-refractivity contribution in [2.75, 3.05) is 0 Å². The van der Waals surface area contributed by atoms with Crippen molar-refractivity contribution in [2.45, 2.75) is 26.3 Å². The van der Waals surface area contributed by atoms with Gasteiger partial charge in [-0.2, -0.15) is 0 Å². The second-order valence-electron chi connectivity index (χ2n) is 6.64. The smallest absolute Gasteiger partial charge is 0.291 e. The highest BCUT2D eigenvalue weighted by molar-refractivity contribution is 7.13. The number of thiazole rings is 1. The van der Waals surface area contributed by atoms with Crippen LogP contribution in [0.4, 0.5) is 4.39 Å². The molecule has 0 atom stereocenters. The molecule has 6 nitrogen and oxygen atoms in total. The van der Waals surface area contributed by atoms with Crippen molar-refractivity contribution >= 4 is 28.6 Å². The van der Waals surface area contributed by atoms with Crippen molar-refractivity contribution in [1.82, 2.24) is 25.1 Å². The molecule has 0 aliphatic rings. The van der Waals surface area contributed by atoms with Crippen LogP contribution < -0.4 is 5.32 Å². The molecule has 1 amide bonds. The Bertz CT molecular complexity index is 1130. The summed E-state index contributed by atoms with van der Waals surface area (Å²) >= 11 is 3.05. The zero-order valence-corrected chi connectivity index (χ0v) is 17.4. The lowest BCUT2D eigenvalue weighted by Gasteiger charge is -2.04. The highest BCUT2D eigenvalue weighted by Gasteiger charge is 2.20. The second-order valence-corrected chi connectivity index (χ2v) is 8.48. The third-order valence-corrected chi connectivity index (χ3v) is 6.16. The first-order chi connectivity index (χ1) is 14.0. The molecule has 4 rings (SSSR count). The van der Waals surface area contributed by atoms with E-state index in [1.807, 2.05) is 22.9 Å². The van der Waals surface area contributed by atoms with Crippen LogP contribution in [-0.4, -0.2) is 25.7 Å². The van der Waals surface area contributed by atoms with Gasteiger partial charge in [-0.05, 0) is 29.6 Å². The average molecular weight is 428 g/mol. The molecule has 148 valence electrons. The maximum atomic E-state index is 13.7. The molecule has 1 aromatic carbocycles. The Morgan fingerprint density at radius 1 is 1.21 bits per heavy atom. The molecule has 0 saturated heterocycles. The summed E-state index contributed by atoms with van der Waals surface area (Å²) in [7, 11) is 0. The maximum absolute atomic E-state index is 13.7. The van der Waals surface area contributed by atoms with Gasteiger partial charge < -0.3 is 5.32 Å². The number of aromatic nitrogens is 4. The van der Waals surface area contributed by atoms with Gasteiger partial charge in [0, 0.05) is 11.3 Å². The second kappa shape index (κ2) is 8.22. The molecule has 0 radical (unpaired) electrons. The first-order valence-electron chi connectivity index (χ1n) is 9.00. The van der Waals surface area contributed by atoms with E-state index in [9.17, 15) is 9.18 Å². The van der Waals surface area contributed by atoms with Crippen LogP contribution in [0.3, 0.4) is 0 Å². The van der Waals surface area contributed by atoms with Crippen LogP contribution in [0, 0.1) is 5.82 Å². The number of carbonyl (C=O) groups excluding carboxylic acids is 1. The summed E-state index contributed by atoms with van der Waals surface area (Å²) in [6.45, 7) is 4.46. The Morgan fingerprint density at radius 2 is 2.07 bits per heavy atom. The average Bonchev–Trinajstić information content (AvgIpc) is 3.46. The predicted molar refractivity (Wildman–Crippen MR) is 112 cm³/mol. The van der Waals surface area contributed by atoms with Gasteiger partial charge in [0.05, 0.1) is 27.8 Å². The van der Waals surface area contributed by atoms with E-state index in [0.29, 0.717) is 24.0 Å². The zero-order chi connectivity index (χ0) is 20.4. The van der Waals surface area contributed by atoms with E-state index >= 15 is 0 Å². The third-order valence-electron chi connectivity index (χ3n) is 4.10. The van der Waals surface area contributed by atoms with Gasteiger partial charge in [-0.1, -0.05) is 26.0 Å². The minimum absolute atomic E-state index is 0.0250. The summed E-state index contributed by atoms with van der Waals surface area (Å²) in [5.41, 5.74) is 1.30. The van der Waals surface area contributed by atoms with Gasteiger partial charge >= 0.3 is 0 Å². The Labute approximate surface area is 175 Å². The fraction of sp³-hybridized carbons (Fsp3) is 0.200. The van der Waals surface area contributed by atoms with E-state index in [-0.39, 0.29) is 11.6 Å². The summed E-state index contributed by atoms with van der Waals surface area (Å²) in [6, 6.07) is 9.81. The standard InChI is InChI=1S/C20H18FN5OS2/c1-12(2)20-23-14(11-29-20)10-22-19(27)17-24-18(16-7-4-8-28-16)26(25-17)15-6-3-5-13(21)9-15/h3-9,11-12H,10H2,1-2H3,(H,22,27). The first kappa shape index (κ1) is 19.4. The predicted octanol–water partition coefficient (Wildman–Crippen LogP) is 4.64. The monoisotopic (exact) mass is 427 g/mol. The van der Waals surface area contributed by atoms with E-state index < -0.39 is 5.91 Å². The number of thiophene rings is 1. The van der Waals surface area contributed by atoms with Crippen molar-refractivity contribution < 1.29 is 9.18 Å². The highest BCUT2D eigenvalue weighted by Crippen LogP contribution is 2.26. The maximum Gasteiger partial charge on any atom is 0.291 e. The van der Waals surface area contributed by atoms with Crippen molar-refractivity contribution in [3.05, 3.63) is 69.5 Å². The summed E-state index contributed by atoms with van der Waals surface area (Å²) in [6.07, 6.45) is 0. The van der Waals surface area contributed by atoms with Gasteiger partial charge in [0.15, 0.2) is 5.82 Å². The van der Waals surface area contributed by atoms with E-state index in [1.54, 1.807) is 23.5 Å². The van der Waals surface area contributed by atoms with E-state index in [4.69, 9.17) is 0 Å². The Kier molecular flexibility index (Phi) is 5.50. The third kappa shape index (κ3) is 4.25. The molecule has 9 heteroatoms. The number of carbonyl (C=O) groups is 1. The minimum Gasteiger partial charge on any atom is -0.344 e. The van der Waals surface area contributed by atoms with Gasteiger partial charge in [0.1, 0.15) is 5.82 Å². The molecule has 0 spiro atoms. The van der Waals surface area contributed by atoms with Crippen molar-refractivity contribution in [2.24, 2.45) is 0 Å². The normalized spacial score (nSPS) is 11.2. The molecular formula is C20H18FN5OS2. The van der Waals surface area contributed by atoms with Crippen LogP contribution in [-0.2, 0) is 6.54 Å². The van der Waals surface area contributed by atoms with E-state index in [2.05, 4.69) is 34.2 Å². The molecule has 1 N–H and O–H groups in total. The number of hydrogen-bond acceptors (Lipinski definition) is 6. The summed E-state index contributed by atoms with van der Waals surface area (Å²) in [4.78, 5) is 22.4. The van der Waals surface area contributed by atoms with Crippen LogP contribution in [0.25, 0.3) is 16.4 Å². The zero-order valence-electron chi connectivity index (χ0n) is 15.8. The van der Waals surface area contributed by atoms with Crippen molar-refractivity contribution in [1.29, 1.82) is 0 Å². The first-order valence-corrected chi connectivity index (χ1v) is 10.8. The Morgan fingerprint density at radius 3 is 2.76 bits per heavy atom. The summed E-state index contributed by atoms with van der Waals surface area (Å²) in [5.74, 6) is 0.0765. The Hall–Kier alpha value is -2.91. The van der Waals surface area contributed by atoms with Crippen LogP contribution >= 0.6 is 22.7 Å². The largest absolute Gasteiger partial charge is 0.344 e.